The highest BCUT2D eigenvalue weighted by Crippen LogP contribution is 2.25. The van der Waals surface area contributed by atoms with E-state index in [2.05, 4.69) is 10.5 Å². The average molecular weight is 405 g/mol. The third-order valence-electron chi connectivity index (χ3n) is 4.17. The SMILES string of the molecule is O=C(COc1ccccc1Cc1ccccc1)N/N=C\c1ccc(O)c([N+](=O)[O-])c1. The largest absolute Gasteiger partial charge is 0.502 e. The first-order valence-electron chi connectivity index (χ1n) is 9.07. The summed E-state index contributed by atoms with van der Waals surface area (Å²) in [5.41, 5.74) is 4.31. The Hall–Kier alpha value is -4.20. The van der Waals surface area contributed by atoms with Crippen molar-refractivity contribution in [3.8, 4) is 11.5 Å². The zero-order valence-corrected chi connectivity index (χ0v) is 15.9. The van der Waals surface area contributed by atoms with E-state index in [9.17, 15) is 20.0 Å². The van der Waals surface area contributed by atoms with E-state index in [0.717, 1.165) is 17.2 Å². The number of carbonyl (C=O) groups is 1. The molecule has 8 heteroatoms. The number of carbonyl (C=O) groups excluding carboxylic acids is 1. The maximum Gasteiger partial charge on any atom is 0.311 e. The number of phenolic OH excluding ortho intramolecular Hbond substituents is 1. The summed E-state index contributed by atoms with van der Waals surface area (Å²) in [7, 11) is 0. The summed E-state index contributed by atoms with van der Waals surface area (Å²) < 4.78 is 5.63. The molecular weight excluding hydrogens is 386 g/mol. The number of rotatable bonds is 8. The Morgan fingerprint density at radius 3 is 2.60 bits per heavy atom. The van der Waals surface area contributed by atoms with Gasteiger partial charge in [-0.15, -0.1) is 0 Å². The summed E-state index contributed by atoms with van der Waals surface area (Å²) in [6.07, 6.45) is 1.92. The van der Waals surface area contributed by atoms with Gasteiger partial charge in [-0.05, 0) is 29.3 Å². The first kappa shape index (κ1) is 20.5. The fourth-order valence-electron chi connectivity index (χ4n) is 2.73. The number of ether oxygens (including phenoxy) is 1. The molecule has 0 bridgehead atoms. The number of hydrazone groups is 1. The second kappa shape index (κ2) is 9.83. The van der Waals surface area contributed by atoms with Crippen LogP contribution in [0.3, 0.4) is 0 Å². The summed E-state index contributed by atoms with van der Waals surface area (Å²) in [6.45, 7) is -0.237. The van der Waals surface area contributed by atoms with Crippen molar-refractivity contribution in [2.45, 2.75) is 6.42 Å². The van der Waals surface area contributed by atoms with Gasteiger partial charge in [-0.1, -0.05) is 48.5 Å². The summed E-state index contributed by atoms with van der Waals surface area (Å²) in [5.74, 6) is -0.313. The second-order valence-corrected chi connectivity index (χ2v) is 6.36. The Kier molecular flexibility index (Phi) is 6.73. The lowest BCUT2D eigenvalue weighted by Crippen LogP contribution is -2.24. The van der Waals surface area contributed by atoms with Crippen LogP contribution in [0.4, 0.5) is 5.69 Å². The number of amides is 1. The molecule has 0 aliphatic carbocycles. The van der Waals surface area contributed by atoms with Crippen LogP contribution in [0.15, 0.2) is 77.9 Å². The number of nitrogens with zero attached hydrogens (tertiary/aromatic N) is 2. The highest BCUT2D eigenvalue weighted by Gasteiger charge is 2.13. The molecule has 0 saturated heterocycles. The van der Waals surface area contributed by atoms with Crippen LogP contribution in [0.25, 0.3) is 0 Å². The maximum atomic E-state index is 12.0. The zero-order valence-electron chi connectivity index (χ0n) is 15.9. The van der Waals surface area contributed by atoms with E-state index < -0.39 is 22.3 Å². The van der Waals surface area contributed by atoms with E-state index in [1.54, 1.807) is 6.07 Å². The predicted octanol–water partition coefficient (Wildman–Crippen LogP) is 3.42. The fraction of sp³-hybridized carbons (Fsp3) is 0.0909. The zero-order chi connectivity index (χ0) is 21.3. The van der Waals surface area contributed by atoms with Crippen molar-refractivity contribution < 1.29 is 19.6 Å². The van der Waals surface area contributed by atoms with Crippen LogP contribution in [0.1, 0.15) is 16.7 Å². The van der Waals surface area contributed by atoms with Gasteiger partial charge in [-0.3, -0.25) is 14.9 Å². The van der Waals surface area contributed by atoms with Crippen LogP contribution >= 0.6 is 0 Å². The van der Waals surface area contributed by atoms with Crippen LogP contribution in [-0.2, 0) is 11.2 Å². The van der Waals surface area contributed by atoms with Crippen LogP contribution in [-0.4, -0.2) is 28.8 Å². The number of hydrogen-bond donors (Lipinski definition) is 2. The van der Waals surface area contributed by atoms with Crippen LogP contribution in [0.5, 0.6) is 11.5 Å². The van der Waals surface area contributed by atoms with Crippen LogP contribution in [0, 0.1) is 10.1 Å². The molecule has 3 aromatic rings. The Labute approximate surface area is 172 Å². The normalized spacial score (nSPS) is 10.7. The number of nitrogens with one attached hydrogen (secondary N) is 1. The molecule has 0 radical (unpaired) electrons. The van der Waals surface area contributed by atoms with E-state index in [-0.39, 0.29) is 6.61 Å². The summed E-state index contributed by atoms with van der Waals surface area (Å²) in [4.78, 5) is 22.1. The Bertz CT molecular complexity index is 1070. The van der Waals surface area contributed by atoms with Gasteiger partial charge in [0.25, 0.3) is 5.91 Å². The summed E-state index contributed by atoms with van der Waals surface area (Å²) >= 11 is 0. The number of aromatic hydroxyl groups is 1. The number of benzene rings is 3. The predicted molar refractivity (Wildman–Crippen MR) is 112 cm³/mol. The van der Waals surface area contributed by atoms with Crippen molar-refractivity contribution in [2.75, 3.05) is 6.61 Å². The van der Waals surface area contributed by atoms with Gasteiger partial charge in [0.05, 0.1) is 11.1 Å². The second-order valence-electron chi connectivity index (χ2n) is 6.36. The average Bonchev–Trinajstić information content (AvgIpc) is 2.75. The van der Waals surface area contributed by atoms with Gasteiger partial charge in [-0.2, -0.15) is 5.10 Å². The van der Waals surface area contributed by atoms with Crippen molar-refractivity contribution in [1.82, 2.24) is 5.43 Å². The molecule has 8 nitrogen and oxygen atoms in total. The van der Waals surface area contributed by atoms with Crippen molar-refractivity contribution >= 4 is 17.8 Å². The summed E-state index contributed by atoms with van der Waals surface area (Å²) in [6, 6.07) is 21.2. The number of nitro benzene ring substituents is 1. The highest BCUT2D eigenvalue weighted by atomic mass is 16.6. The molecule has 0 atom stereocenters. The van der Waals surface area contributed by atoms with E-state index >= 15 is 0 Å². The van der Waals surface area contributed by atoms with Gasteiger partial charge in [-0.25, -0.2) is 5.43 Å². The molecule has 3 rings (SSSR count). The van der Waals surface area contributed by atoms with Gasteiger partial charge in [0.15, 0.2) is 12.4 Å². The molecule has 0 unspecified atom stereocenters. The van der Waals surface area contributed by atoms with Gasteiger partial charge in [0.1, 0.15) is 5.75 Å². The van der Waals surface area contributed by atoms with Crippen LogP contribution in [0.2, 0.25) is 0 Å². The fourth-order valence-corrected chi connectivity index (χ4v) is 2.73. The van der Waals surface area contributed by atoms with E-state index in [4.69, 9.17) is 4.74 Å². The Morgan fingerprint density at radius 2 is 1.83 bits per heavy atom. The minimum Gasteiger partial charge on any atom is -0.502 e. The molecule has 3 aromatic carbocycles. The monoisotopic (exact) mass is 405 g/mol. The van der Waals surface area contributed by atoms with Gasteiger partial charge >= 0.3 is 5.69 Å². The topological polar surface area (TPSA) is 114 Å². The van der Waals surface area contributed by atoms with Crippen molar-refractivity contribution in [1.29, 1.82) is 0 Å². The van der Waals surface area contributed by atoms with E-state index in [1.807, 2.05) is 48.5 Å². The third-order valence-corrected chi connectivity index (χ3v) is 4.17. The number of phenols is 1. The molecular formula is C22H19N3O5. The number of nitro groups is 1. The molecule has 0 heterocycles. The molecule has 0 aliphatic heterocycles. The molecule has 0 aliphatic rings. The molecule has 0 saturated carbocycles. The third kappa shape index (κ3) is 5.65. The quantitative estimate of drug-likeness (QED) is 0.339. The van der Waals surface area contributed by atoms with Gasteiger partial charge in [0, 0.05) is 18.1 Å². The van der Waals surface area contributed by atoms with Crippen molar-refractivity contribution in [3.63, 3.8) is 0 Å². The summed E-state index contributed by atoms with van der Waals surface area (Å²) in [5, 5.41) is 24.0. The lowest BCUT2D eigenvalue weighted by atomic mass is 10.0. The van der Waals surface area contributed by atoms with Gasteiger partial charge in [0.2, 0.25) is 0 Å². The molecule has 30 heavy (non-hydrogen) atoms. The minimum atomic E-state index is -0.702. The first-order chi connectivity index (χ1) is 14.5. The molecule has 0 aromatic heterocycles. The standard InChI is InChI=1S/C22H19N3O5/c26-20-11-10-17(13-19(20)25(28)29)14-23-24-22(27)15-30-21-9-5-4-8-18(21)12-16-6-2-1-3-7-16/h1-11,13-14,26H,12,15H2,(H,24,27)/b23-14-. The smallest absolute Gasteiger partial charge is 0.311 e. The molecule has 1 amide bonds. The lowest BCUT2D eigenvalue weighted by molar-refractivity contribution is -0.385. The molecule has 0 fully saturated rings. The number of hydrogen-bond acceptors (Lipinski definition) is 6. The van der Waals surface area contributed by atoms with Crippen molar-refractivity contribution in [3.05, 3.63) is 99.6 Å². The Balaban J connectivity index is 1.56. The first-order valence-corrected chi connectivity index (χ1v) is 9.07. The number of para-hydroxylation sites is 1. The maximum absolute atomic E-state index is 12.0. The van der Waals surface area contributed by atoms with E-state index in [0.29, 0.717) is 17.7 Å². The molecule has 152 valence electrons. The molecule has 0 spiro atoms. The van der Waals surface area contributed by atoms with E-state index in [1.165, 1.54) is 18.3 Å². The van der Waals surface area contributed by atoms with Crippen LogP contribution < -0.4 is 10.2 Å². The van der Waals surface area contributed by atoms with Gasteiger partial charge < -0.3 is 9.84 Å². The minimum absolute atomic E-state index is 0.237. The highest BCUT2D eigenvalue weighted by molar-refractivity contribution is 5.84. The van der Waals surface area contributed by atoms with Crippen molar-refractivity contribution in [2.24, 2.45) is 5.10 Å². The lowest BCUT2D eigenvalue weighted by Gasteiger charge is -2.11. The molecule has 2 N–H and O–H groups in total. The Morgan fingerprint density at radius 1 is 1.10 bits per heavy atom.